The van der Waals surface area contributed by atoms with E-state index in [1.165, 1.54) is 5.56 Å². The number of carboxylic acids is 1. The van der Waals surface area contributed by atoms with Gasteiger partial charge < -0.3 is 14.6 Å². The Hall–Kier alpha value is -1.23. The van der Waals surface area contributed by atoms with Crippen molar-refractivity contribution in [2.75, 3.05) is 6.79 Å². The average Bonchev–Trinajstić information content (AvgIpc) is 2.77. The summed E-state index contributed by atoms with van der Waals surface area (Å²) < 4.78 is 11.7. The molecule has 1 aromatic rings. The van der Waals surface area contributed by atoms with Gasteiger partial charge in [-0.1, -0.05) is 6.92 Å². The van der Waals surface area contributed by atoms with Crippen LogP contribution < -0.4 is 9.47 Å². The zero-order valence-electron chi connectivity index (χ0n) is 10.2. The fourth-order valence-electron chi connectivity index (χ4n) is 2.13. The standard InChI is InChI=1S/C13H15BrO4/c1-2-9-8(4-3-5-11(15)16)6-10-13(12(9)14)18-7-17-10/h6H,2-5,7H2,1H3,(H,15,16). The van der Waals surface area contributed by atoms with Gasteiger partial charge in [0.1, 0.15) is 0 Å². The summed E-state index contributed by atoms with van der Waals surface area (Å²) >= 11 is 3.54. The quantitative estimate of drug-likeness (QED) is 0.907. The Morgan fingerprint density at radius 3 is 2.94 bits per heavy atom. The first-order chi connectivity index (χ1) is 8.63. The van der Waals surface area contributed by atoms with Crippen molar-refractivity contribution < 1.29 is 19.4 Å². The third kappa shape index (κ3) is 2.61. The first kappa shape index (κ1) is 13.2. The number of halogens is 1. The van der Waals surface area contributed by atoms with Gasteiger partial charge in [-0.25, -0.2) is 0 Å². The molecule has 1 heterocycles. The topological polar surface area (TPSA) is 55.8 Å². The van der Waals surface area contributed by atoms with Crippen molar-refractivity contribution in [2.45, 2.75) is 32.6 Å². The van der Waals surface area contributed by atoms with Crippen LogP contribution in [-0.2, 0) is 17.6 Å². The van der Waals surface area contributed by atoms with Gasteiger partial charge in [0.15, 0.2) is 11.5 Å². The molecule has 0 unspecified atom stereocenters. The second-order valence-electron chi connectivity index (χ2n) is 4.16. The van der Waals surface area contributed by atoms with Crippen LogP contribution in [0.5, 0.6) is 11.5 Å². The Morgan fingerprint density at radius 1 is 1.50 bits per heavy atom. The lowest BCUT2D eigenvalue weighted by atomic mass is 9.99. The molecule has 4 nitrogen and oxygen atoms in total. The van der Waals surface area contributed by atoms with Crippen LogP contribution in [0.25, 0.3) is 0 Å². The molecule has 5 heteroatoms. The summed E-state index contributed by atoms with van der Waals surface area (Å²) in [4.78, 5) is 10.5. The second-order valence-corrected chi connectivity index (χ2v) is 4.96. The molecule has 0 atom stereocenters. The molecule has 1 aliphatic rings. The lowest BCUT2D eigenvalue weighted by molar-refractivity contribution is -0.137. The van der Waals surface area contributed by atoms with Gasteiger partial charge in [0.2, 0.25) is 6.79 Å². The molecule has 18 heavy (non-hydrogen) atoms. The highest BCUT2D eigenvalue weighted by atomic mass is 79.9. The molecule has 0 amide bonds. The summed E-state index contributed by atoms with van der Waals surface area (Å²) in [7, 11) is 0. The predicted octanol–water partition coefficient (Wildman–Crippen LogP) is 3.15. The van der Waals surface area contributed by atoms with Crippen LogP contribution in [0.15, 0.2) is 10.5 Å². The minimum atomic E-state index is -0.757. The number of ether oxygens (including phenoxy) is 2. The Bertz CT molecular complexity index is 471. The molecule has 98 valence electrons. The van der Waals surface area contributed by atoms with E-state index >= 15 is 0 Å². The summed E-state index contributed by atoms with van der Waals surface area (Å²) in [6.07, 6.45) is 2.44. The highest BCUT2D eigenvalue weighted by Crippen LogP contribution is 2.43. The number of hydrogen-bond donors (Lipinski definition) is 1. The van der Waals surface area contributed by atoms with E-state index in [2.05, 4.69) is 22.9 Å². The maximum atomic E-state index is 10.5. The lowest BCUT2D eigenvalue weighted by Gasteiger charge is -2.12. The molecule has 1 aliphatic heterocycles. The van der Waals surface area contributed by atoms with Gasteiger partial charge in [0.25, 0.3) is 0 Å². The zero-order chi connectivity index (χ0) is 13.1. The smallest absolute Gasteiger partial charge is 0.303 e. The molecule has 0 spiro atoms. The second kappa shape index (κ2) is 5.61. The summed E-state index contributed by atoms with van der Waals surface area (Å²) in [5.41, 5.74) is 2.31. The number of carboxylic acid groups (broad SMARTS) is 1. The van der Waals surface area contributed by atoms with E-state index in [1.807, 2.05) is 6.07 Å². The number of carbonyl (C=O) groups is 1. The molecule has 0 radical (unpaired) electrons. The molecule has 0 saturated heterocycles. The van der Waals surface area contributed by atoms with Crippen LogP contribution in [0.4, 0.5) is 0 Å². The predicted molar refractivity (Wildman–Crippen MR) is 70.2 cm³/mol. The molecule has 0 aromatic heterocycles. The molecule has 2 rings (SSSR count). The maximum absolute atomic E-state index is 10.5. The Labute approximate surface area is 114 Å². The van der Waals surface area contributed by atoms with Crippen molar-refractivity contribution >= 4 is 21.9 Å². The van der Waals surface area contributed by atoms with Crippen LogP contribution in [0.1, 0.15) is 30.9 Å². The summed E-state index contributed by atoms with van der Waals surface area (Å²) in [6.45, 7) is 2.32. The van der Waals surface area contributed by atoms with E-state index < -0.39 is 5.97 Å². The van der Waals surface area contributed by atoms with E-state index in [1.54, 1.807) is 0 Å². The van der Waals surface area contributed by atoms with Crippen LogP contribution in [0.3, 0.4) is 0 Å². The molecule has 0 bridgehead atoms. The number of aryl methyl sites for hydroxylation is 1. The van der Waals surface area contributed by atoms with E-state index in [4.69, 9.17) is 14.6 Å². The summed E-state index contributed by atoms with van der Waals surface area (Å²) in [5.74, 6) is 0.742. The normalized spacial score (nSPS) is 12.8. The van der Waals surface area contributed by atoms with Crippen LogP contribution >= 0.6 is 15.9 Å². The third-order valence-electron chi connectivity index (χ3n) is 2.99. The fourth-order valence-corrected chi connectivity index (χ4v) is 2.97. The molecule has 0 fully saturated rings. The molecule has 0 saturated carbocycles. The van der Waals surface area contributed by atoms with Gasteiger partial charge in [-0.05, 0) is 52.4 Å². The van der Waals surface area contributed by atoms with E-state index in [0.717, 1.165) is 34.4 Å². The number of aliphatic carboxylic acids is 1. The van der Waals surface area contributed by atoms with Crippen molar-refractivity contribution in [1.29, 1.82) is 0 Å². The molecular weight excluding hydrogens is 300 g/mol. The summed E-state index contributed by atoms with van der Waals surface area (Å²) in [6, 6.07) is 1.97. The number of hydrogen-bond acceptors (Lipinski definition) is 3. The Morgan fingerprint density at radius 2 is 2.28 bits per heavy atom. The van der Waals surface area contributed by atoms with Gasteiger partial charge in [-0.3, -0.25) is 4.79 Å². The monoisotopic (exact) mass is 314 g/mol. The Kier molecular flexibility index (Phi) is 4.11. The number of benzene rings is 1. The van der Waals surface area contributed by atoms with E-state index in [0.29, 0.717) is 6.42 Å². The summed E-state index contributed by atoms with van der Waals surface area (Å²) in [5, 5.41) is 8.67. The maximum Gasteiger partial charge on any atom is 0.303 e. The number of fused-ring (bicyclic) bond motifs is 1. The van der Waals surface area contributed by atoms with Gasteiger partial charge in [0.05, 0.1) is 4.47 Å². The van der Waals surface area contributed by atoms with Crippen molar-refractivity contribution in [3.63, 3.8) is 0 Å². The number of rotatable bonds is 5. The van der Waals surface area contributed by atoms with Crippen molar-refractivity contribution in [3.05, 3.63) is 21.7 Å². The minimum absolute atomic E-state index is 0.190. The average molecular weight is 315 g/mol. The van der Waals surface area contributed by atoms with Crippen LogP contribution in [0, 0.1) is 0 Å². The highest BCUT2D eigenvalue weighted by molar-refractivity contribution is 9.10. The van der Waals surface area contributed by atoms with Gasteiger partial charge >= 0.3 is 5.97 Å². The van der Waals surface area contributed by atoms with Gasteiger partial charge in [-0.2, -0.15) is 0 Å². The SMILES string of the molecule is CCc1c(CCCC(=O)O)cc2c(c1Br)OCO2. The van der Waals surface area contributed by atoms with Gasteiger partial charge in [0, 0.05) is 6.42 Å². The van der Waals surface area contributed by atoms with E-state index in [-0.39, 0.29) is 13.2 Å². The van der Waals surface area contributed by atoms with Crippen molar-refractivity contribution in [1.82, 2.24) is 0 Å². The minimum Gasteiger partial charge on any atom is -0.481 e. The first-order valence-electron chi connectivity index (χ1n) is 5.95. The zero-order valence-corrected chi connectivity index (χ0v) is 11.7. The van der Waals surface area contributed by atoms with Gasteiger partial charge in [-0.15, -0.1) is 0 Å². The van der Waals surface area contributed by atoms with E-state index in [9.17, 15) is 4.79 Å². The third-order valence-corrected chi connectivity index (χ3v) is 3.83. The van der Waals surface area contributed by atoms with Crippen molar-refractivity contribution in [2.24, 2.45) is 0 Å². The molecule has 0 aliphatic carbocycles. The van der Waals surface area contributed by atoms with Crippen LogP contribution in [0.2, 0.25) is 0 Å². The lowest BCUT2D eigenvalue weighted by Crippen LogP contribution is -1.99. The van der Waals surface area contributed by atoms with Crippen LogP contribution in [-0.4, -0.2) is 17.9 Å². The first-order valence-corrected chi connectivity index (χ1v) is 6.74. The Balaban J connectivity index is 2.23. The highest BCUT2D eigenvalue weighted by Gasteiger charge is 2.21. The molecule has 1 aromatic carbocycles. The van der Waals surface area contributed by atoms with Crippen molar-refractivity contribution in [3.8, 4) is 11.5 Å². The fraction of sp³-hybridized carbons (Fsp3) is 0.462. The molecule has 1 N–H and O–H groups in total. The largest absolute Gasteiger partial charge is 0.481 e. The molecular formula is C13H15BrO4.